The van der Waals surface area contributed by atoms with Crippen molar-refractivity contribution in [2.75, 3.05) is 46.8 Å². The Morgan fingerprint density at radius 2 is 1.83 bits per heavy atom. The Labute approximate surface area is 114 Å². The second-order valence-corrected chi connectivity index (χ2v) is 7.33. The molecule has 0 radical (unpaired) electrons. The Bertz CT molecular complexity index is 218. The number of hydrogen-bond acceptors (Lipinski definition) is 0. The molecular weight excluding hydrogens is 222 g/mol. The lowest BCUT2D eigenvalue weighted by Crippen LogP contribution is -3.15. The molecule has 1 aliphatic rings. The summed E-state index contributed by atoms with van der Waals surface area (Å²) in [6, 6.07) is 0.891. The first-order chi connectivity index (χ1) is 8.43. The SMILES string of the molecule is CCC[NH+]1CCC([NH2+]CC(C)(C)C[NH+](C)C)CC1. The summed E-state index contributed by atoms with van der Waals surface area (Å²) in [6.45, 7) is 13.8. The smallest absolute Gasteiger partial charge is 0.0967 e. The third-order valence-corrected chi connectivity index (χ3v) is 4.18. The maximum atomic E-state index is 2.63. The van der Waals surface area contributed by atoms with Gasteiger partial charge in [0.15, 0.2) is 0 Å². The molecule has 0 bridgehead atoms. The Kier molecular flexibility index (Phi) is 6.61. The van der Waals surface area contributed by atoms with Crippen LogP contribution in [0.15, 0.2) is 0 Å². The average Bonchev–Trinajstić information content (AvgIpc) is 2.27. The van der Waals surface area contributed by atoms with Crippen LogP contribution in [0.4, 0.5) is 0 Å². The quantitative estimate of drug-likeness (QED) is 0.479. The Hall–Kier alpha value is -0.120. The lowest BCUT2D eigenvalue weighted by atomic mass is 9.92. The van der Waals surface area contributed by atoms with Gasteiger partial charge in [0.2, 0.25) is 0 Å². The number of nitrogens with one attached hydrogen (secondary N) is 2. The molecule has 108 valence electrons. The van der Waals surface area contributed by atoms with Crippen LogP contribution in [0, 0.1) is 5.41 Å². The highest BCUT2D eigenvalue weighted by Crippen LogP contribution is 2.08. The molecule has 1 heterocycles. The summed E-state index contributed by atoms with van der Waals surface area (Å²) in [5.41, 5.74) is 0.465. The molecule has 4 N–H and O–H groups in total. The second kappa shape index (κ2) is 7.46. The predicted octanol–water partition coefficient (Wildman–Crippen LogP) is -1.82. The molecule has 3 heteroatoms. The average molecular weight is 258 g/mol. The van der Waals surface area contributed by atoms with E-state index in [0.717, 1.165) is 6.04 Å². The third-order valence-electron chi connectivity index (χ3n) is 4.18. The van der Waals surface area contributed by atoms with Crippen LogP contribution in [-0.2, 0) is 0 Å². The van der Waals surface area contributed by atoms with Crippen molar-refractivity contribution in [2.45, 2.75) is 46.1 Å². The van der Waals surface area contributed by atoms with Crippen LogP contribution in [0.5, 0.6) is 0 Å². The topological polar surface area (TPSA) is 25.5 Å². The number of rotatable bonds is 7. The van der Waals surface area contributed by atoms with Crippen molar-refractivity contribution in [3.05, 3.63) is 0 Å². The molecule has 0 aliphatic carbocycles. The van der Waals surface area contributed by atoms with Crippen LogP contribution >= 0.6 is 0 Å². The molecule has 0 saturated carbocycles. The van der Waals surface area contributed by atoms with Crippen LogP contribution in [0.3, 0.4) is 0 Å². The van der Waals surface area contributed by atoms with Gasteiger partial charge in [0.25, 0.3) is 0 Å². The molecule has 0 amide bonds. The second-order valence-electron chi connectivity index (χ2n) is 7.33. The molecular formula is C15H36N3+3. The van der Waals surface area contributed by atoms with E-state index in [1.165, 1.54) is 52.0 Å². The lowest BCUT2D eigenvalue weighted by molar-refractivity contribution is -0.914. The number of hydrogen-bond donors (Lipinski definition) is 3. The van der Waals surface area contributed by atoms with Gasteiger partial charge in [-0.3, -0.25) is 0 Å². The van der Waals surface area contributed by atoms with Crippen LogP contribution in [-0.4, -0.2) is 52.9 Å². The van der Waals surface area contributed by atoms with Crippen molar-refractivity contribution >= 4 is 0 Å². The van der Waals surface area contributed by atoms with Crippen LogP contribution in [0.25, 0.3) is 0 Å². The molecule has 0 atom stereocenters. The number of nitrogens with two attached hydrogens (primary N) is 1. The number of quaternary nitrogens is 3. The summed E-state index contributed by atoms with van der Waals surface area (Å²) in [5, 5.41) is 2.63. The summed E-state index contributed by atoms with van der Waals surface area (Å²) in [4.78, 5) is 3.40. The van der Waals surface area contributed by atoms with Crippen molar-refractivity contribution in [3.63, 3.8) is 0 Å². The minimum absolute atomic E-state index is 0.465. The van der Waals surface area contributed by atoms with E-state index in [2.05, 4.69) is 40.2 Å². The van der Waals surface area contributed by atoms with E-state index in [1.54, 1.807) is 4.90 Å². The van der Waals surface area contributed by atoms with E-state index in [9.17, 15) is 0 Å². The largest absolute Gasteiger partial charge is 0.343 e. The summed E-state index contributed by atoms with van der Waals surface area (Å²) in [6.07, 6.45) is 4.17. The van der Waals surface area contributed by atoms with E-state index >= 15 is 0 Å². The monoisotopic (exact) mass is 258 g/mol. The summed E-state index contributed by atoms with van der Waals surface area (Å²) in [5.74, 6) is 0. The molecule has 3 nitrogen and oxygen atoms in total. The number of likely N-dealkylation sites (tertiary alicyclic amines) is 1. The van der Waals surface area contributed by atoms with Crippen molar-refractivity contribution in [3.8, 4) is 0 Å². The van der Waals surface area contributed by atoms with Crippen LogP contribution < -0.4 is 15.1 Å². The van der Waals surface area contributed by atoms with Gasteiger partial charge in [-0.05, 0) is 20.3 Å². The van der Waals surface area contributed by atoms with Gasteiger partial charge < -0.3 is 15.1 Å². The minimum Gasteiger partial charge on any atom is -0.343 e. The van der Waals surface area contributed by atoms with Gasteiger partial charge in [0.1, 0.15) is 0 Å². The van der Waals surface area contributed by atoms with E-state index < -0.39 is 0 Å². The zero-order chi connectivity index (χ0) is 13.6. The van der Waals surface area contributed by atoms with Gasteiger partial charge >= 0.3 is 0 Å². The Balaban J connectivity index is 2.21. The highest BCUT2D eigenvalue weighted by atomic mass is 15.1. The zero-order valence-corrected chi connectivity index (χ0v) is 13.3. The van der Waals surface area contributed by atoms with E-state index in [0.29, 0.717) is 5.41 Å². The van der Waals surface area contributed by atoms with Crippen molar-refractivity contribution < 1.29 is 15.1 Å². The number of piperidine rings is 1. The fourth-order valence-electron chi connectivity index (χ4n) is 3.40. The fraction of sp³-hybridized carbons (Fsp3) is 1.00. The molecule has 0 spiro atoms. The molecule has 0 aromatic rings. The molecule has 0 aromatic heterocycles. The van der Waals surface area contributed by atoms with E-state index in [4.69, 9.17) is 0 Å². The molecule has 1 aliphatic heterocycles. The first kappa shape index (κ1) is 15.9. The van der Waals surface area contributed by atoms with Gasteiger partial charge in [0.05, 0.1) is 58.3 Å². The Morgan fingerprint density at radius 3 is 2.33 bits per heavy atom. The lowest BCUT2D eigenvalue weighted by Gasteiger charge is -2.30. The molecule has 0 unspecified atom stereocenters. The maximum absolute atomic E-state index is 2.63. The van der Waals surface area contributed by atoms with Crippen molar-refractivity contribution in [2.24, 2.45) is 5.41 Å². The van der Waals surface area contributed by atoms with Crippen molar-refractivity contribution in [1.82, 2.24) is 0 Å². The van der Waals surface area contributed by atoms with Crippen LogP contribution in [0.2, 0.25) is 0 Å². The summed E-state index contributed by atoms with van der Waals surface area (Å²) in [7, 11) is 4.52. The molecule has 18 heavy (non-hydrogen) atoms. The first-order valence-electron chi connectivity index (χ1n) is 7.89. The van der Waals surface area contributed by atoms with Gasteiger partial charge in [-0.25, -0.2) is 0 Å². The van der Waals surface area contributed by atoms with Crippen LogP contribution in [0.1, 0.15) is 40.0 Å². The molecule has 1 saturated heterocycles. The zero-order valence-electron chi connectivity index (χ0n) is 13.3. The van der Waals surface area contributed by atoms with Gasteiger partial charge in [0, 0.05) is 12.8 Å². The van der Waals surface area contributed by atoms with Gasteiger partial charge in [-0.1, -0.05) is 6.92 Å². The predicted molar refractivity (Wildman–Crippen MR) is 77.1 cm³/mol. The summed E-state index contributed by atoms with van der Waals surface area (Å²) < 4.78 is 0. The van der Waals surface area contributed by atoms with E-state index in [-0.39, 0.29) is 0 Å². The minimum atomic E-state index is 0.465. The maximum Gasteiger partial charge on any atom is 0.0967 e. The molecule has 1 rings (SSSR count). The highest BCUT2D eigenvalue weighted by Gasteiger charge is 2.28. The normalized spacial score (nSPS) is 25.7. The first-order valence-corrected chi connectivity index (χ1v) is 7.89. The highest BCUT2D eigenvalue weighted by molar-refractivity contribution is 4.65. The molecule has 1 fully saturated rings. The Morgan fingerprint density at radius 1 is 1.22 bits per heavy atom. The van der Waals surface area contributed by atoms with Gasteiger partial charge in [-0.2, -0.15) is 0 Å². The third kappa shape index (κ3) is 6.17. The standard InChI is InChI=1S/C15H33N3/c1-6-9-18-10-7-14(8-11-18)16-12-15(2,3)13-17(4)5/h14,16H,6-13H2,1-5H3/p+3. The fourth-order valence-corrected chi connectivity index (χ4v) is 3.40. The van der Waals surface area contributed by atoms with Crippen molar-refractivity contribution in [1.29, 1.82) is 0 Å². The molecule has 0 aromatic carbocycles. The van der Waals surface area contributed by atoms with E-state index in [1.807, 2.05) is 4.90 Å². The van der Waals surface area contributed by atoms with Gasteiger partial charge in [-0.15, -0.1) is 0 Å². The summed E-state index contributed by atoms with van der Waals surface area (Å²) >= 11 is 0.